The first-order valence-electron chi connectivity index (χ1n) is 8.64. The number of hydrogen-bond donors (Lipinski definition) is 0. The first-order chi connectivity index (χ1) is 12.7. The first-order valence-corrected chi connectivity index (χ1v) is 9.46. The van der Waals surface area contributed by atoms with E-state index in [1.165, 1.54) is 37.9 Å². The normalized spacial score (nSPS) is 10.7. The molecule has 0 atom stereocenters. The molecule has 4 aromatic rings. The van der Waals surface area contributed by atoms with Crippen molar-refractivity contribution in [3.63, 3.8) is 0 Å². The summed E-state index contributed by atoms with van der Waals surface area (Å²) in [5, 5.41) is 1.20. The second kappa shape index (κ2) is 7.14. The van der Waals surface area contributed by atoms with Crippen molar-refractivity contribution < 1.29 is 0 Å². The molecule has 0 amide bonds. The monoisotopic (exact) mass is 356 g/mol. The average molecular weight is 356 g/mol. The number of nitrogens with zero attached hydrogens (tertiary/aromatic N) is 2. The van der Waals surface area contributed by atoms with Gasteiger partial charge < -0.3 is 4.90 Å². The van der Waals surface area contributed by atoms with Gasteiger partial charge in [0.25, 0.3) is 0 Å². The van der Waals surface area contributed by atoms with Crippen LogP contribution in [0.3, 0.4) is 0 Å². The van der Waals surface area contributed by atoms with Gasteiger partial charge in [-0.2, -0.15) is 0 Å². The van der Waals surface area contributed by atoms with E-state index in [4.69, 9.17) is 0 Å². The highest BCUT2D eigenvalue weighted by Gasteiger charge is 2.15. The summed E-state index contributed by atoms with van der Waals surface area (Å²) in [6, 6.07) is 25.9. The van der Waals surface area contributed by atoms with Crippen LogP contribution in [0.2, 0.25) is 0 Å². The van der Waals surface area contributed by atoms with Crippen molar-refractivity contribution in [3.05, 3.63) is 96.3 Å². The fourth-order valence-corrected chi connectivity index (χ4v) is 3.96. The number of rotatable bonds is 4. The van der Waals surface area contributed by atoms with E-state index in [2.05, 4.69) is 96.5 Å². The van der Waals surface area contributed by atoms with Gasteiger partial charge in [-0.3, -0.25) is 4.98 Å². The Kier molecular flexibility index (Phi) is 4.55. The van der Waals surface area contributed by atoms with Gasteiger partial charge in [-0.1, -0.05) is 35.4 Å². The Morgan fingerprint density at radius 2 is 1.19 bits per heavy atom. The second-order valence-corrected chi connectivity index (χ2v) is 7.44. The van der Waals surface area contributed by atoms with Gasteiger partial charge in [-0.25, -0.2) is 0 Å². The molecule has 0 aliphatic rings. The Morgan fingerprint density at radius 3 is 1.73 bits per heavy atom. The van der Waals surface area contributed by atoms with E-state index in [1.807, 2.05) is 12.4 Å². The van der Waals surface area contributed by atoms with Crippen molar-refractivity contribution in [2.75, 3.05) is 4.90 Å². The zero-order chi connectivity index (χ0) is 17.9. The molecular formula is C23H20N2S. The van der Waals surface area contributed by atoms with E-state index in [0.29, 0.717) is 0 Å². The van der Waals surface area contributed by atoms with Crippen molar-refractivity contribution in [2.24, 2.45) is 0 Å². The fraction of sp³-hybridized carbons (Fsp3) is 0.0870. The highest BCUT2D eigenvalue weighted by atomic mass is 32.1. The van der Waals surface area contributed by atoms with Crippen LogP contribution in [0.1, 0.15) is 11.1 Å². The minimum absolute atomic E-state index is 1.17. The molecule has 4 rings (SSSR count). The minimum Gasteiger partial charge on any atom is -0.302 e. The van der Waals surface area contributed by atoms with Crippen molar-refractivity contribution in [1.82, 2.24) is 4.98 Å². The number of aromatic nitrogens is 1. The Labute approximate surface area is 158 Å². The molecule has 0 aliphatic carbocycles. The van der Waals surface area contributed by atoms with Crippen LogP contribution in [0.15, 0.2) is 85.2 Å². The summed E-state index contributed by atoms with van der Waals surface area (Å²) >= 11 is 1.79. The van der Waals surface area contributed by atoms with Gasteiger partial charge in [0.1, 0.15) is 5.00 Å². The van der Waals surface area contributed by atoms with Crippen LogP contribution >= 0.6 is 11.3 Å². The first kappa shape index (κ1) is 16.6. The summed E-state index contributed by atoms with van der Waals surface area (Å²) in [5.41, 5.74) is 6.07. The van der Waals surface area contributed by atoms with Gasteiger partial charge in [0, 0.05) is 28.6 Å². The van der Waals surface area contributed by atoms with E-state index in [0.717, 1.165) is 0 Å². The molecule has 26 heavy (non-hydrogen) atoms. The quantitative estimate of drug-likeness (QED) is 0.395. The maximum absolute atomic E-state index is 4.12. The van der Waals surface area contributed by atoms with E-state index in [9.17, 15) is 0 Å². The molecule has 2 aromatic heterocycles. The van der Waals surface area contributed by atoms with Crippen molar-refractivity contribution in [3.8, 4) is 10.4 Å². The molecule has 0 saturated carbocycles. The van der Waals surface area contributed by atoms with Crippen LogP contribution in [0, 0.1) is 13.8 Å². The van der Waals surface area contributed by atoms with Gasteiger partial charge in [-0.15, -0.1) is 11.3 Å². The molecule has 0 unspecified atom stereocenters. The van der Waals surface area contributed by atoms with Crippen molar-refractivity contribution in [1.29, 1.82) is 0 Å². The molecule has 0 N–H and O–H groups in total. The molecule has 0 spiro atoms. The maximum Gasteiger partial charge on any atom is 0.101 e. The van der Waals surface area contributed by atoms with Crippen LogP contribution in [0.5, 0.6) is 0 Å². The average Bonchev–Trinajstić information content (AvgIpc) is 3.15. The van der Waals surface area contributed by atoms with E-state index < -0.39 is 0 Å². The molecule has 0 saturated heterocycles. The Morgan fingerprint density at radius 1 is 0.654 bits per heavy atom. The zero-order valence-electron chi connectivity index (χ0n) is 14.9. The Hall–Kier alpha value is -2.91. The van der Waals surface area contributed by atoms with Crippen LogP contribution in [0.25, 0.3) is 10.4 Å². The minimum atomic E-state index is 1.17. The standard InChI is InChI=1S/C23H20N2S/c1-17-3-7-20(8-4-17)25(21-9-5-18(2)6-10-21)23-12-11-22(26-23)19-13-15-24-16-14-19/h3-16H,1-2H3. The van der Waals surface area contributed by atoms with Gasteiger partial charge in [0.05, 0.1) is 0 Å². The fourth-order valence-electron chi connectivity index (χ4n) is 2.91. The Bertz CT molecular complexity index is 941. The molecule has 2 aromatic carbocycles. The maximum atomic E-state index is 4.12. The third-order valence-corrected chi connectivity index (χ3v) is 5.48. The number of anilines is 3. The number of aryl methyl sites for hydroxylation is 2. The van der Waals surface area contributed by atoms with E-state index >= 15 is 0 Å². The third kappa shape index (κ3) is 3.39. The van der Waals surface area contributed by atoms with Gasteiger partial charge >= 0.3 is 0 Å². The second-order valence-electron chi connectivity index (χ2n) is 6.38. The third-order valence-electron chi connectivity index (χ3n) is 4.36. The number of thiophene rings is 1. The summed E-state index contributed by atoms with van der Waals surface area (Å²) < 4.78 is 0. The lowest BCUT2D eigenvalue weighted by Crippen LogP contribution is -2.08. The molecule has 0 aliphatic heterocycles. The predicted molar refractivity (Wildman–Crippen MR) is 112 cm³/mol. The summed E-state index contributed by atoms with van der Waals surface area (Å²) in [6.07, 6.45) is 3.68. The lowest BCUT2D eigenvalue weighted by Gasteiger charge is -2.24. The van der Waals surface area contributed by atoms with E-state index in [1.54, 1.807) is 11.3 Å². The largest absolute Gasteiger partial charge is 0.302 e. The summed E-state index contributed by atoms with van der Waals surface area (Å²) in [6.45, 7) is 4.24. The molecular weight excluding hydrogens is 336 g/mol. The molecule has 2 nitrogen and oxygen atoms in total. The van der Waals surface area contributed by atoms with Crippen molar-refractivity contribution in [2.45, 2.75) is 13.8 Å². The zero-order valence-corrected chi connectivity index (χ0v) is 15.7. The number of benzene rings is 2. The van der Waals surface area contributed by atoms with Crippen LogP contribution < -0.4 is 4.90 Å². The molecule has 0 bridgehead atoms. The summed E-state index contributed by atoms with van der Waals surface area (Å²) in [5.74, 6) is 0. The molecule has 0 fully saturated rings. The van der Waals surface area contributed by atoms with Crippen molar-refractivity contribution >= 4 is 27.7 Å². The van der Waals surface area contributed by atoms with Crippen LogP contribution in [-0.4, -0.2) is 4.98 Å². The number of pyridine rings is 1. The molecule has 2 heterocycles. The Balaban J connectivity index is 1.79. The lowest BCUT2D eigenvalue weighted by molar-refractivity contribution is 1.29. The van der Waals surface area contributed by atoms with E-state index in [-0.39, 0.29) is 0 Å². The lowest BCUT2D eigenvalue weighted by atomic mass is 10.1. The van der Waals surface area contributed by atoms with Gasteiger partial charge in [0.2, 0.25) is 0 Å². The smallest absolute Gasteiger partial charge is 0.101 e. The predicted octanol–water partition coefficient (Wildman–Crippen LogP) is 6.90. The highest BCUT2D eigenvalue weighted by molar-refractivity contribution is 7.19. The van der Waals surface area contributed by atoms with Gasteiger partial charge in [0.15, 0.2) is 0 Å². The summed E-state index contributed by atoms with van der Waals surface area (Å²) in [7, 11) is 0. The molecule has 128 valence electrons. The highest BCUT2D eigenvalue weighted by Crippen LogP contribution is 2.41. The molecule has 0 radical (unpaired) electrons. The molecule has 3 heteroatoms. The summed E-state index contributed by atoms with van der Waals surface area (Å²) in [4.78, 5) is 7.67. The van der Waals surface area contributed by atoms with Gasteiger partial charge in [-0.05, 0) is 67.9 Å². The number of hydrogen-bond acceptors (Lipinski definition) is 3. The SMILES string of the molecule is Cc1ccc(N(c2ccc(C)cc2)c2ccc(-c3ccncc3)s2)cc1. The topological polar surface area (TPSA) is 16.1 Å². The van der Waals surface area contributed by atoms with Crippen LogP contribution in [0.4, 0.5) is 16.4 Å². The van der Waals surface area contributed by atoms with Crippen LogP contribution in [-0.2, 0) is 0 Å².